The molecular formula is C23H25FN4O4S. The number of carbonyl (C=O) groups is 2. The first-order valence-corrected chi connectivity index (χ1v) is 11.2. The molecule has 8 nitrogen and oxygen atoms in total. The molecule has 33 heavy (non-hydrogen) atoms. The standard InChI is InChI=1S/C23H25FN4O4S/c1-5-32-22(30)11-21-27(13-20(29)25-18-8-6-7-17(24)10-18)23(31)19(33-21)9-16-12-28(14(2)3)26-15(16)4/h6-12,14H,5,13H2,1-4H3,(H,25,29)/b19-9+,21-11-. The van der Waals surface area contributed by atoms with E-state index >= 15 is 0 Å². The number of esters is 1. The fraction of sp³-hybridized carbons (Fsp3) is 0.304. The van der Waals surface area contributed by atoms with Gasteiger partial charge in [-0.1, -0.05) is 6.07 Å². The molecule has 1 amide bonds. The molecule has 1 aromatic carbocycles. The highest BCUT2D eigenvalue weighted by Gasteiger charge is 2.13. The summed E-state index contributed by atoms with van der Waals surface area (Å²) in [6.45, 7) is 7.34. The van der Waals surface area contributed by atoms with E-state index in [1.165, 1.54) is 34.9 Å². The van der Waals surface area contributed by atoms with E-state index in [-0.39, 0.29) is 29.5 Å². The number of amides is 1. The number of rotatable bonds is 7. The number of hydrogen-bond acceptors (Lipinski definition) is 6. The fourth-order valence-corrected chi connectivity index (χ4v) is 4.05. The average Bonchev–Trinajstić information content (AvgIpc) is 3.23. The molecule has 174 valence electrons. The molecule has 0 spiro atoms. The topological polar surface area (TPSA) is 95.2 Å². The summed E-state index contributed by atoms with van der Waals surface area (Å²) in [5, 5.41) is 7.01. The van der Waals surface area contributed by atoms with Gasteiger partial charge in [-0.05, 0) is 52.0 Å². The average molecular weight is 473 g/mol. The highest BCUT2D eigenvalue weighted by Crippen LogP contribution is 2.11. The smallest absolute Gasteiger partial charge is 0.333 e. The van der Waals surface area contributed by atoms with E-state index in [1.807, 2.05) is 27.0 Å². The predicted molar refractivity (Wildman–Crippen MR) is 125 cm³/mol. The molecule has 0 radical (unpaired) electrons. The van der Waals surface area contributed by atoms with Crippen molar-refractivity contribution in [1.82, 2.24) is 14.3 Å². The van der Waals surface area contributed by atoms with Gasteiger partial charge in [-0.25, -0.2) is 9.18 Å². The Morgan fingerprint density at radius 3 is 2.73 bits per heavy atom. The van der Waals surface area contributed by atoms with Crippen molar-refractivity contribution in [2.24, 2.45) is 0 Å². The van der Waals surface area contributed by atoms with Crippen molar-refractivity contribution in [2.45, 2.75) is 40.3 Å². The van der Waals surface area contributed by atoms with Gasteiger partial charge in [0.05, 0.1) is 22.9 Å². The number of aromatic nitrogens is 3. The minimum Gasteiger partial charge on any atom is -0.463 e. The molecule has 0 fully saturated rings. The number of nitrogens with one attached hydrogen (secondary N) is 1. The molecule has 0 aliphatic rings. The number of nitrogens with zero attached hydrogens (tertiary/aromatic N) is 3. The van der Waals surface area contributed by atoms with Crippen LogP contribution in [0, 0.1) is 12.7 Å². The van der Waals surface area contributed by atoms with Gasteiger partial charge in [0.2, 0.25) is 5.91 Å². The van der Waals surface area contributed by atoms with Crippen molar-refractivity contribution in [2.75, 3.05) is 11.9 Å². The highest BCUT2D eigenvalue weighted by molar-refractivity contribution is 7.07. The summed E-state index contributed by atoms with van der Waals surface area (Å²) in [6, 6.07) is 5.60. The molecule has 3 aromatic rings. The second-order valence-corrected chi connectivity index (χ2v) is 8.60. The largest absolute Gasteiger partial charge is 0.463 e. The molecule has 1 N–H and O–H groups in total. The molecule has 10 heteroatoms. The lowest BCUT2D eigenvalue weighted by atomic mass is 10.2. The molecule has 0 bridgehead atoms. The van der Waals surface area contributed by atoms with Gasteiger partial charge in [-0.15, -0.1) is 11.3 Å². The first-order valence-electron chi connectivity index (χ1n) is 10.4. The van der Waals surface area contributed by atoms with E-state index in [0.29, 0.717) is 4.53 Å². The van der Waals surface area contributed by atoms with Crippen LogP contribution >= 0.6 is 11.3 Å². The summed E-state index contributed by atoms with van der Waals surface area (Å²) in [5.41, 5.74) is 1.35. The van der Waals surface area contributed by atoms with Crippen LogP contribution in [0.4, 0.5) is 10.1 Å². The predicted octanol–water partition coefficient (Wildman–Crippen LogP) is 1.95. The van der Waals surface area contributed by atoms with Crippen LogP contribution in [0.15, 0.2) is 35.3 Å². The third-order valence-electron chi connectivity index (χ3n) is 4.64. The molecule has 2 heterocycles. The van der Waals surface area contributed by atoms with E-state index < -0.39 is 23.3 Å². The molecule has 3 rings (SSSR count). The first-order chi connectivity index (χ1) is 15.7. The van der Waals surface area contributed by atoms with Gasteiger partial charge < -0.3 is 10.1 Å². The summed E-state index contributed by atoms with van der Waals surface area (Å²) in [5.74, 6) is -1.64. The Morgan fingerprint density at radius 2 is 2.09 bits per heavy atom. The number of ether oxygens (including phenoxy) is 1. The van der Waals surface area contributed by atoms with Crippen molar-refractivity contribution in [3.63, 3.8) is 0 Å². The van der Waals surface area contributed by atoms with Crippen LogP contribution in [-0.4, -0.2) is 32.8 Å². The van der Waals surface area contributed by atoms with E-state index in [0.717, 1.165) is 22.6 Å². The summed E-state index contributed by atoms with van der Waals surface area (Å²) in [4.78, 5) is 37.7. The lowest BCUT2D eigenvalue weighted by Crippen LogP contribution is -2.36. The number of benzene rings is 1. The number of aryl methyl sites for hydroxylation is 1. The Bertz CT molecular complexity index is 1350. The minimum absolute atomic E-state index is 0.157. The number of thiazole rings is 1. The lowest BCUT2D eigenvalue weighted by Gasteiger charge is -2.06. The Morgan fingerprint density at radius 1 is 1.33 bits per heavy atom. The zero-order valence-electron chi connectivity index (χ0n) is 18.8. The molecule has 0 saturated heterocycles. The third-order valence-corrected chi connectivity index (χ3v) is 5.70. The molecule has 0 aliphatic carbocycles. The fourth-order valence-electron chi connectivity index (χ4n) is 3.03. The van der Waals surface area contributed by atoms with Crippen molar-refractivity contribution in [3.8, 4) is 0 Å². The molecule has 0 aliphatic heterocycles. The molecule has 0 atom stereocenters. The number of carbonyl (C=O) groups excluding carboxylic acids is 2. The van der Waals surface area contributed by atoms with Crippen molar-refractivity contribution in [1.29, 1.82) is 0 Å². The van der Waals surface area contributed by atoms with Crippen LogP contribution < -0.4 is 20.1 Å². The van der Waals surface area contributed by atoms with Crippen molar-refractivity contribution >= 4 is 41.1 Å². The van der Waals surface area contributed by atoms with Crippen molar-refractivity contribution < 1.29 is 18.7 Å². The third kappa shape index (κ3) is 6.04. The van der Waals surface area contributed by atoms with Gasteiger partial charge in [-0.2, -0.15) is 5.10 Å². The normalized spacial score (nSPS) is 12.4. The number of halogens is 1. The number of anilines is 1. The van der Waals surface area contributed by atoms with Crippen LogP contribution in [0.2, 0.25) is 0 Å². The van der Waals surface area contributed by atoms with Gasteiger partial charge in [0, 0.05) is 23.5 Å². The van der Waals surface area contributed by atoms with Gasteiger partial charge in [0.1, 0.15) is 17.0 Å². The summed E-state index contributed by atoms with van der Waals surface area (Å²) < 4.78 is 22.0. The minimum atomic E-state index is -0.617. The lowest BCUT2D eigenvalue weighted by molar-refractivity contribution is -0.135. The van der Waals surface area contributed by atoms with Crippen molar-refractivity contribution in [3.05, 3.63) is 67.1 Å². The maximum atomic E-state index is 13.4. The molecule has 0 saturated carbocycles. The van der Waals surface area contributed by atoms with Gasteiger partial charge in [0.25, 0.3) is 5.56 Å². The maximum absolute atomic E-state index is 13.4. The van der Waals surface area contributed by atoms with E-state index in [4.69, 9.17) is 4.74 Å². The van der Waals surface area contributed by atoms with E-state index in [1.54, 1.807) is 17.7 Å². The quantitative estimate of drug-likeness (QED) is 0.531. The zero-order chi connectivity index (χ0) is 24.1. The zero-order valence-corrected chi connectivity index (χ0v) is 19.6. The van der Waals surface area contributed by atoms with Gasteiger partial charge >= 0.3 is 5.97 Å². The second kappa shape index (κ2) is 10.4. The Hall–Kier alpha value is -3.53. The van der Waals surface area contributed by atoms with Crippen LogP contribution in [-0.2, 0) is 20.9 Å². The van der Waals surface area contributed by atoms with Gasteiger partial charge in [-0.3, -0.25) is 18.8 Å². The van der Waals surface area contributed by atoms with Gasteiger partial charge in [0.15, 0.2) is 0 Å². The Balaban J connectivity index is 2.03. The molecular weight excluding hydrogens is 447 g/mol. The van der Waals surface area contributed by atoms with Crippen LogP contribution in [0.5, 0.6) is 0 Å². The second-order valence-electron chi connectivity index (χ2n) is 7.54. The highest BCUT2D eigenvalue weighted by atomic mass is 32.1. The van der Waals surface area contributed by atoms with E-state index in [2.05, 4.69) is 10.4 Å². The SMILES string of the molecule is CCOC(=O)/C=c1\s/c(=C/c2cn(C(C)C)nc2C)c(=O)n1CC(=O)Nc1cccc(F)c1. The van der Waals surface area contributed by atoms with Crippen LogP contribution in [0.3, 0.4) is 0 Å². The maximum Gasteiger partial charge on any atom is 0.333 e. The van der Waals surface area contributed by atoms with Crippen LogP contribution in [0.1, 0.15) is 38.1 Å². The summed E-state index contributed by atoms with van der Waals surface area (Å²) in [6.07, 6.45) is 4.72. The monoisotopic (exact) mass is 472 g/mol. The Kier molecular flexibility index (Phi) is 7.59. The van der Waals surface area contributed by atoms with E-state index in [9.17, 15) is 18.8 Å². The molecule has 2 aromatic heterocycles. The Labute approximate surface area is 193 Å². The first kappa shape index (κ1) is 24.1. The van der Waals surface area contributed by atoms with Crippen LogP contribution in [0.25, 0.3) is 12.2 Å². The summed E-state index contributed by atoms with van der Waals surface area (Å²) >= 11 is 1.07. The summed E-state index contributed by atoms with van der Waals surface area (Å²) in [7, 11) is 0. The molecule has 0 unspecified atom stereocenters. The number of hydrogen-bond donors (Lipinski definition) is 1.